The molecule has 4 N–H and O–H groups in total. The molecule has 1 aliphatic heterocycles. The van der Waals surface area contributed by atoms with Gasteiger partial charge in [-0.1, -0.05) is 5.16 Å². The minimum atomic E-state index is -0.376. The molecule has 19 heavy (non-hydrogen) atoms. The maximum atomic E-state index is 11.9. The van der Waals surface area contributed by atoms with Crippen LogP contribution < -0.4 is 11.1 Å². The van der Waals surface area contributed by atoms with Gasteiger partial charge in [-0.25, -0.2) is 0 Å². The Kier molecular flexibility index (Phi) is 4.01. The van der Waals surface area contributed by atoms with Crippen LogP contribution in [0, 0.1) is 0 Å². The molecule has 0 radical (unpaired) electrons. The van der Waals surface area contributed by atoms with Crippen LogP contribution in [-0.2, 0) is 9.53 Å². The highest BCUT2D eigenvalue weighted by Gasteiger charge is 2.28. The average Bonchev–Trinajstić information content (AvgIpc) is 2.85. The van der Waals surface area contributed by atoms with E-state index in [9.17, 15) is 4.79 Å². The summed E-state index contributed by atoms with van der Waals surface area (Å²) in [4.78, 5) is 11.9. The largest absolute Gasteiger partial charge is 0.409 e. The number of oxime groups is 1. The molecule has 6 nitrogen and oxygen atoms in total. The summed E-state index contributed by atoms with van der Waals surface area (Å²) < 4.78 is 5.49. The smallest absolute Gasteiger partial charge is 0.253 e. The lowest BCUT2D eigenvalue weighted by molar-refractivity contribution is -0.126. The van der Waals surface area contributed by atoms with Gasteiger partial charge in [0.05, 0.1) is 6.10 Å². The van der Waals surface area contributed by atoms with Crippen molar-refractivity contribution in [1.82, 2.24) is 0 Å². The number of hydrogen-bond acceptors (Lipinski definition) is 4. The number of rotatable bonds is 3. The molecule has 102 valence electrons. The van der Waals surface area contributed by atoms with Gasteiger partial charge in [0, 0.05) is 11.3 Å². The second kappa shape index (κ2) is 5.71. The molecule has 0 saturated carbocycles. The zero-order valence-electron chi connectivity index (χ0n) is 10.7. The van der Waals surface area contributed by atoms with E-state index in [1.807, 2.05) is 6.92 Å². The molecular formula is C13H17N3O3. The molecule has 1 aromatic rings. The molecule has 6 heteroatoms. The van der Waals surface area contributed by atoms with Crippen LogP contribution in [0.2, 0.25) is 0 Å². The Bertz CT molecular complexity index is 484. The van der Waals surface area contributed by atoms with Crippen molar-refractivity contribution in [1.29, 1.82) is 0 Å². The van der Waals surface area contributed by atoms with Crippen LogP contribution in [0.25, 0.3) is 0 Å². The molecule has 1 fully saturated rings. The van der Waals surface area contributed by atoms with Gasteiger partial charge in [0.2, 0.25) is 0 Å². The molecule has 1 aliphatic rings. The lowest BCUT2D eigenvalue weighted by atomic mass is 10.1. The molecular weight excluding hydrogens is 246 g/mol. The van der Waals surface area contributed by atoms with E-state index in [4.69, 9.17) is 15.7 Å². The van der Waals surface area contributed by atoms with Crippen LogP contribution in [0.1, 0.15) is 25.3 Å². The second-order valence-electron chi connectivity index (χ2n) is 4.56. The predicted molar refractivity (Wildman–Crippen MR) is 71.2 cm³/mol. The fraction of sp³-hybridized carbons (Fsp3) is 0.385. The number of nitrogens with zero attached hydrogens (tertiary/aromatic N) is 1. The zero-order chi connectivity index (χ0) is 13.8. The van der Waals surface area contributed by atoms with Crippen molar-refractivity contribution in [3.63, 3.8) is 0 Å². The number of nitrogens with one attached hydrogen (secondary N) is 1. The molecule has 2 rings (SSSR count). The highest BCUT2D eigenvalue weighted by Crippen LogP contribution is 2.20. The van der Waals surface area contributed by atoms with Crippen molar-refractivity contribution in [3.8, 4) is 0 Å². The van der Waals surface area contributed by atoms with Gasteiger partial charge in [-0.05, 0) is 44.0 Å². The Balaban J connectivity index is 1.98. The van der Waals surface area contributed by atoms with Crippen molar-refractivity contribution >= 4 is 17.4 Å². The fourth-order valence-corrected chi connectivity index (χ4v) is 2.00. The highest BCUT2D eigenvalue weighted by molar-refractivity contribution is 5.98. The Morgan fingerprint density at radius 3 is 2.63 bits per heavy atom. The second-order valence-corrected chi connectivity index (χ2v) is 4.56. The summed E-state index contributed by atoms with van der Waals surface area (Å²) in [7, 11) is 0. The first kappa shape index (κ1) is 13.4. The molecule has 1 amide bonds. The van der Waals surface area contributed by atoms with E-state index in [1.54, 1.807) is 24.3 Å². The van der Waals surface area contributed by atoms with E-state index >= 15 is 0 Å². The first-order chi connectivity index (χ1) is 9.10. The third-order valence-electron chi connectivity index (χ3n) is 3.08. The van der Waals surface area contributed by atoms with Gasteiger partial charge >= 0.3 is 0 Å². The van der Waals surface area contributed by atoms with E-state index in [0.717, 1.165) is 12.8 Å². The first-order valence-electron chi connectivity index (χ1n) is 6.14. The maximum Gasteiger partial charge on any atom is 0.253 e. The van der Waals surface area contributed by atoms with Gasteiger partial charge in [-0.2, -0.15) is 0 Å². The number of anilines is 1. The molecule has 2 atom stereocenters. The fourth-order valence-electron chi connectivity index (χ4n) is 2.00. The molecule has 2 unspecified atom stereocenters. The van der Waals surface area contributed by atoms with Gasteiger partial charge in [-0.3, -0.25) is 4.79 Å². The lowest BCUT2D eigenvalue weighted by Gasteiger charge is -2.12. The summed E-state index contributed by atoms with van der Waals surface area (Å²) in [6.45, 7) is 1.96. The molecule has 1 heterocycles. The van der Waals surface area contributed by atoms with Crippen LogP contribution in [0.3, 0.4) is 0 Å². The number of carbonyl (C=O) groups is 1. The maximum absolute atomic E-state index is 11.9. The number of amides is 1. The van der Waals surface area contributed by atoms with E-state index in [-0.39, 0.29) is 24.0 Å². The normalized spacial score (nSPS) is 23.3. The topological polar surface area (TPSA) is 96.9 Å². The Labute approximate surface area is 111 Å². The zero-order valence-corrected chi connectivity index (χ0v) is 10.7. The number of nitrogens with two attached hydrogens (primary N) is 1. The van der Waals surface area contributed by atoms with Crippen LogP contribution in [0.15, 0.2) is 29.4 Å². The monoisotopic (exact) mass is 263 g/mol. The van der Waals surface area contributed by atoms with Crippen molar-refractivity contribution < 1.29 is 14.7 Å². The molecule has 0 spiro atoms. The third-order valence-corrected chi connectivity index (χ3v) is 3.08. The van der Waals surface area contributed by atoms with E-state index in [0.29, 0.717) is 11.3 Å². The van der Waals surface area contributed by atoms with E-state index in [1.165, 1.54) is 0 Å². The minimum Gasteiger partial charge on any atom is -0.409 e. The minimum absolute atomic E-state index is 0.0332. The summed E-state index contributed by atoms with van der Waals surface area (Å²) in [6, 6.07) is 6.74. The average molecular weight is 263 g/mol. The number of amidine groups is 1. The van der Waals surface area contributed by atoms with Gasteiger partial charge in [0.15, 0.2) is 5.84 Å². The van der Waals surface area contributed by atoms with Crippen LogP contribution in [0.4, 0.5) is 5.69 Å². The van der Waals surface area contributed by atoms with E-state index in [2.05, 4.69) is 10.5 Å². The van der Waals surface area contributed by atoms with Crippen molar-refractivity contribution in [2.75, 3.05) is 5.32 Å². The SMILES string of the molecule is CC1CCC(C(=O)Nc2ccc(/C(N)=N/O)cc2)O1. The number of carbonyl (C=O) groups excluding carboxylic acids is 1. The summed E-state index contributed by atoms with van der Waals surface area (Å²) in [5, 5.41) is 14.2. The summed E-state index contributed by atoms with van der Waals surface area (Å²) in [5.74, 6) is -0.105. The molecule has 0 bridgehead atoms. The first-order valence-corrected chi connectivity index (χ1v) is 6.14. The van der Waals surface area contributed by atoms with E-state index < -0.39 is 0 Å². The van der Waals surface area contributed by atoms with Crippen LogP contribution in [-0.4, -0.2) is 29.2 Å². The van der Waals surface area contributed by atoms with Crippen LogP contribution >= 0.6 is 0 Å². The third kappa shape index (κ3) is 3.23. The van der Waals surface area contributed by atoms with Crippen molar-refractivity contribution in [3.05, 3.63) is 29.8 Å². The quantitative estimate of drug-likeness (QED) is 0.331. The Hall–Kier alpha value is -2.08. The van der Waals surface area contributed by atoms with Crippen LogP contribution in [0.5, 0.6) is 0 Å². The van der Waals surface area contributed by atoms with Gasteiger partial charge in [0.1, 0.15) is 6.10 Å². The molecule has 1 saturated heterocycles. The Morgan fingerprint density at radius 1 is 1.42 bits per heavy atom. The van der Waals surface area contributed by atoms with Gasteiger partial charge < -0.3 is 21.0 Å². The summed E-state index contributed by atoms with van der Waals surface area (Å²) in [6.07, 6.45) is 1.41. The molecule has 0 aromatic heterocycles. The molecule has 0 aliphatic carbocycles. The van der Waals surface area contributed by atoms with Crippen molar-refractivity contribution in [2.45, 2.75) is 32.0 Å². The van der Waals surface area contributed by atoms with Gasteiger partial charge in [-0.15, -0.1) is 0 Å². The Morgan fingerprint density at radius 2 is 2.11 bits per heavy atom. The van der Waals surface area contributed by atoms with Crippen molar-refractivity contribution in [2.24, 2.45) is 10.9 Å². The standard InChI is InChI=1S/C13H17N3O3/c1-8-2-7-11(19-8)13(17)15-10-5-3-9(4-6-10)12(14)16-18/h3-6,8,11,18H,2,7H2,1H3,(H2,14,16)(H,15,17). The number of benzene rings is 1. The van der Waals surface area contributed by atoms with Gasteiger partial charge in [0.25, 0.3) is 5.91 Å². The highest BCUT2D eigenvalue weighted by atomic mass is 16.5. The summed E-state index contributed by atoms with van der Waals surface area (Å²) >= 11 is 0. The molecule has 1 aromatic carbocycles. The predicted octanol–water partition coefficient (Wildman–Crippen LogP) is 1.29. The summed E-state index contributed by atoms with van der Waals surface area (Å²) in [5.41, 5.74) is 6.70. The number of ether oxygens (including phenoxy) is 1. The lowest BCUT2D eigenvalue weighted by Crippen LogP contribution is -2.27. The number of hydrogen-bond donors (Lipinski definition) is 3.